The van der Waals surface area contributed by atoms with Gasteiger partial charge >= 0.3 is 6.03 Å². The van der Waals surface area contributed by atoms with Crippen LogP contribution in [-0.2, 0) is 0 Å². The second kappa shape index (κ2) is 7.29. The van der Waals surface area contributed by atoms with E-state index in [1.54, 1.807) is 12.1 Å². The van der Waals surface area contributed by atoms with Crippen LogP contribution in [0.4, 0.5) is 9.18 Å². The number of carbonyl (C=O) groups is 1. The first-order chi connectivity index (χ1) is 10.0. The number of urea groups is 1. The van der Waals surface area contributed by atoms with E-state index in [1.807, 2.05) is 11.8 Å². The van der Waals surface area contributed by atoms with Gasteiger partial charge in [-0.25, -0.2) is 9.18 Å². The van der Waals surface area contributed by atoms with Gasteiger partial charge in [-0.15, -0.1) is 0 Å². The number of nitrogens with zero attached hydrogens (tertiary/aromatic N) is 1. The Bertz CT molecular complexity index is 456. The maximum Gasteiger partial charge on any atom is 0.317 e. The molecule has 0 bridgehead atoms. The number of amides is 2. The van der Waals surface area contributed by atoms with E-state index in [0.29, 0.717) is 18.3 Å². The molecule has 0 saturated carbocycles. The molecule has 1 saturated heterocycles. The Morgan fingerprint density at radius 2 is 2.00 bits per heavy atom. The van der Waals surface area contributed by atoms with Crippen molar-refractivity contribution in [1.29, 1.82) is 0 Å². The normalized spacial score (nSPS) is 17.4. The Morgan fingerprint density at radius 3 is 2.62 bits per heavy atom. The molecule has 0 aromatic heterocycles. The first-order valence-electron chi connectivity index (χ1n) is 7.48. The zero-order valence-corrected chi connectivity index (χ0v) is 12.6. The fourth-order valence-corrected chi connectivity index (χ4v) is 2.31. The molecule has 0 aliphatic carbocycles. The maximum absolute atomic E-state index is 12.8. The number of hydrogen-bond donors (Lipinski definition) is 1. The van der Waals surface area contributed by atoms with Crippen LogP contribution in [0.1, 0.15) is 26.7 Å². The van der Waals surface area contributed by atoms with Crippen molar-refractivity contribution in [3.8, 4) is 5.75 Å². The largest absolute Gasteiger partial charge is 0.491 e. The third-order valence-corrected chi connectivity index (χ3v) is 3.75. The molecule has 1 aliphatic rings. The quantitative estimate of drug-likeness (QED) is 0.927. The lowest BCUT2D eigenvalue weighted by Crippen LogP contribution is -2.48. The fourth-order valence-electron chi connectivity index (χ4n) is 2.31. The van der Waals surface area contributed by atoms with Gasteiger partial charge in [-0.1, -0.05) is 6.92 Å². The summed E-state index contributed by atoms with van der Waals surface area (Å²) in [6, 6.07) is 5.74. The molecule has 21 heavy (non-hydrogen) atoms. The summed E-state index contributed by atoms with van der Waals surface area (Å²) in [7, 11) is 0. The highest BCUT2D eigenvalue weighted by Gasteiger charge is 2.21. The zero-order chi connectivity index (χ0) is 15.2. The minimum absolute atomic E-state index is 0.0305. The lowest BCUT2D eigenvalue weighted by Gasteiger charge is -2.31. The highest BCUT2D eigenvalue weighted by Crippen LogP contribution is 2.16. The number of nitrogens with one attached hydrogen (secondary N) is 1. The van der Waals surface area contributed by atoms with Gasteiger partial charge in [-0.05, 0) is 49.9 Å². The molecule has 1 N–H and O–H groups in total. The number of benzene rings is 1. The van der Waals surface area contributed by atoms with Crippen molar-refractivity contribution < 1.29 is 13.9 Å². The molecule has 1 atom stereocenters. The fraction of sp³-hybridized carbons (Fsp3) is 0.562. The highest BCUT2D eigenvalue weighted by molar-refractivity contribution is 5.74. The lowest BCUT2D eigenvalue weighted by atomic mass is 10.00. The topological polar surface area (TPSA) is 41.6 Å². The zero-order valence-electron chi connectivity index (χ0n) is 12.6. The maximum atomic E-state index is 12.8. The summed E-state index contributed by atoms with van der Waals surface area (Å²) >= 11 is 0. The van der Waals surface area contributed by atoms with Gasteiger partial charge in [0.2, 0.25) is 0 Å². The molecular formula is C16H23FN2O2. The van der Waals surface area contributed by atoms with Crippen LogP contribution in [0.3, 0.4) is 0 Å². The number of carbonyl (C=O) groups excluding carboxylic acids is 1. The van der Waals surface area contributed by atoms with E-state index >= 15 is 0 Å². The Labute approximate surface area is 125 Å². The number of piperidine rings is 1. The summed E-state index contributed by atoms with van der Waals surface area (Å²) in [5.41, 5.74) is 0. The second-order valence-electron chi connectivity index (χ2n) is 5.79. The monoisotopic (exact) mass is 294 g/mol. The molecule has 116 valence electrons. The summed E-state index contributed by atoms with van der Waals surface area (Å²) in [5.74, 6) is 1.01. The molecule has 2 amide bonds. The van der Waals surface area contributed by atoms with Gasteiger partial charge in [-0.3, -0.25) is 0 Å². The first-order valence-corrected chi connectivity index (χ1v) is 7.48. The molecule has 2 rings (SSSR count). The predicted molar refractivity (Wildman–Crippen MR) is 79.9 cm³/mol. The highest BCUT2D eigenvalue weighted by atomic mass is 19.1. The molecule has 0 spiro atoms. The number of hydrogen-bond acceptors (Lipinski definition) is 2. The summed E-state index contributed by atoms with van der Waals surface area (Å²) in [4.78, 5) is 13.9. The smallest absolute Gasteiger partial charge is 0.317 e. The van der Waals surface area contributed by atoms with Crippen LogP contribution in [0.2, 0.25) is 0 Å². The third kappa shape index (κ3) is 4.92. The summed E-state index contributed by atoms with van der Waals surface area (Å²) in [6.07, 6.45) is 2.13. The summed E-state index contributed by atoms with van der Waals surface area (Å²) in [5, 5.41) is 2.93. The van der Waals surface area contributed by atoms with Crippen molar-refractivity contribution in [2.24, 2.45) is 5.92 Å². The van der Waals surface area contributed by atoms with Crippen molar-refractivity contribution in [3.63, 3.8) is 0 Å². The van der Waals surface area contributed by atoms with Crippen LogP contribution in [0.5, 0.6) is 5.75 Å². The van der Waals surface area contributed by atoms with E-state index in [-0.39, 0.29) is 17.9 Å². The minimum atomic E-state index is -0.289. The lowest BCUT2D eigenvalue weighted by molar-refractivity contribution is 0.166. The molecule has 1 aliphatic heterocycles. The van der Waals surface area contributed by atoms with Gasteiger partial charge in [0.05, 0.1) is 6.04 Å². The Hall–Kier alpha value is -1.78. The van der Waals surface area contributed by atoms with Crippen molar-refractivity contribution in [1.82, 2.24) is 10.2 Å². The van der Waals surface area contributed by atoms with Crippen LogP contribution in [-0.4, -0.2) is 36.7 Å². The van der Waals surface area contributed by atoms with Crippen molar-refractivity contribution in [2.45, 2.75) is 32.7 Å². The Kier molecular flexibility index (Phi) is 5.42. The van der Waals surface area contributed by atoms with Crippen molar-refractivity contribution >= 4 is 6.03 Å². The number of rotatable bonds is 4. The Morgan fingerprint density at radius 1 is 1.38 bits per heavy atom. The van der Waals surface area contributed by atoms with Crippen LogP contribution in [0, 0.1) is 11.7 Å². The van der Waals surface area contributed by atoms with E-state index in [9.17, 15) is 9.18 Å². The first kappa shape index (κ1) is 15.6. The van der Waals surface area contributed by atoms with E-state index in [1.165, 1.54) is 12.1 Å². The number of halogens is 1. The summed E-state index contributed by atoms with van der Waals surface area (Å²) in [6.45, 7) is 6.11. The molecule has 1 unspecified atom stereocenters. The van der Waals surface area contributed by atoms with Crippen LogP contribution in [0.15, 0.2) is 24.3 Å². The van der Waals surface area contributed by atoms with Crippen LogP contribution < -0.4 is 10.1 Å². The Balaban J connectivity index is 1.72. The number of ether oxygens (including phenoxy) is 1. The molecule has 4 nitrogen and oxygen atoms in total. The molecule has 1 aromatic carbocycles. The average molecular weight is 294 g/mol. The van der Waals surface area contributed by atoms with Gasteiger partial charge in [0.15, 0.2) is 0 Å². The number of likely N-dealkylation sites (tertiary alicyclic amines) is 1. The second-order valence-corrected chi connectivity index (χ2v) is 5.79. The van der Waals surface area contributed by atoms with E-state index in [4.69, 9.17) is 4.74 Å². The van der Waals surface area contributed by atoms with E-state index in [0.717, 1.165) is 25.9 Å². The molecule has 5 heteroatoms. The molecule has 1 aromatic rings. The average Bonchev–Trinajstić information content (AvgIpc) is 2.47. The molecule has 0 radical (unpaired) electrons. The van der Waals surface area contributed by atoms with E-state index in [2.05, 4.69) is 12.2 Å². The summed E-state index contributed by atoms with van der Waals surface area (Å²) < 4.78 is 18.3. The van der Waals surface area contributed by atoms with E-state index < -0.39 is 0 Å². The minimum Gasteiger partial charge on any atom is -0.491 e. The predicted octanol–water partition coefficient (Wildman–Crippen LogP) is 3.03. The van der Waals surface area contributed by atoms with Gasteiger partial charge < -0.3 is 15.0 Å². The molecular weight excluding hydrogens is 271 g/mol. The van der Waals surface area contributed by atoms with Crippen LogP contribution >= 0.6 is 0 Å². The van der Waals surface area contributed by atoms with Gasteiger partial charge in [0, 0.05) is 13.1 Å². The molecule has 1 heterocycles. The van der Waals surface area contributed by atoms with Gasteiger partial charge in [0.25, 0.3) is 0 Å². The third-order valence-electron chi connectivity index (χ3n) is 3.75. The molecule has 1 fully saturated rings. The van der Waals surface area contributed by atoms with Crippen LogP contribution in [0.25, 0.3) is 0 Å². The van der Waals surface area contributed by atoms with Crippen molar-refractivity contribution in [2.75, 3.05) is 19.7 Å². The van der Waals surface area contributed by atoms with Gasteiger partial charge in [-0.2, -0.15) is 0 Å². The SMILES string of the molecule is CC1CCN(C(=O)NC(C)COc2ccc(F)cc2)CC1. The van der Waals surface area contributed by atoms with Gasteiger partial charge in [0.1, 0.15) is 18.2 Å². The van der Waals surface area contributed by atoms with Crippen molar-refractivity contribution in [3.05, 3.63) is 30.1 Å². The standard InChI is InChI=1S/C16H23FN2O2/c1-12-7-9-19(10-8-12)16(20)18-13(2)11-21-15-5-3-14(17)4-6-15/h3-6,12-13H,7-11H2,1-2H3,(H,18,20).